The maximum absolute atomic E-state index is 3.99. The first-order valence-corrected chi connectivity index (χ1v) is 5.25. The molecule has 0 aliphatic carbocycles. The van der Waals surface area contributed by atoms with Crippen LogP contribution in [0.25, 0.3) is 0 Å². The molecule has 0 fully saturated rings. The molecule has 0 heterocycles. The number of nitrogens with one attached hydrogen (secondary N) is 1. The van der Waals surface area contributed by atoms with Crippen LogP contribution in [0.1, 0.15) is 40.0 Å². The van der Waals surface area contributed by atoms with E-state index in [0.29, 0.717) is 5.92 Å². The quantitative estimate of drug-likeness (QED) is 0.602. The largest absolute Gasteiger partial charge is 0.363 e. The zero-order valence-corrected chi connectivity index (χ0v) is 9.82. The van der Waals surface area contributed by atoms with Gasteiger partial charge in [0.25, 0.3) is 0 Å². The lowest BCUT2D eigenvalue weighted by molar-refractivity contribution is 0.642. The maximum atomic E-state index is 3.99. The Morgan fingerprint density at radius 2 is 1.79 bits per heavy atom. The van der Waals surface area contributed by atoms with Gasteiger partial charge in [-0.05, 0) is 25.7 Å². The predicted octanol–water partition coefficient (Wildman–Crippen LogP) is 4.01. The summed E-state index contributed by atoms with van der Waals surface area (Å²) in [4.78, 5) is 0. The van der Waals surface area contributed by atoms with Gasteiger partial charge in [-0.3, -0.25) is 0 Å². The smallest absolute Gasteiger partial charge is 0.00813 e. The van der Waals surface area contributed by atoms with Gasteiger partial charge in [-0.1, -0.05) is 45.6 Å². The lowest BCUT2D eigenvalue weighted by atomic mass is 9.99. The molecule has 0 bridgehead atoms. The molecule has 14 heavy (non-hydrogen) atoms. The fourth-order valence-corrected chi connectivity index (χ4v) is 1.21. The molecule has 1 heteroatoms. The SMILES string of the molecule is C=C(CCC)NC(=C)CC(C)C(=C)C. The molecule has 0 aromatic heterocycles. The highest BCUT2D eigenvalue weighted by atomic mass is 14.9. The molecule has 0 rings (SSSR count). The minimum absolute atomic E-state index is 0.490. The molecule has 0 aromatic rings. The van der Waals surface area contributed by atoms with Gasteiger partial charge in [0.05, 0.1) is 0 Å². The van der Waals surface area contributed by atoms with Crippen molar-refractivity contribution in [3.63, 3.8) is 0 Å². The molecule has 0 saturated heterocycles. The molecule has 1 atom stereocenters. The van der Waals surface area contributed by atoms with Crippen molar-refractivity contribution in [3.05, 3.63) is 36.7 Å². The lowest BCUT2D eigenvalue weighted by Gasteiger charge is -2.16. The third-order valence-corrected chi connectivity index (χ3v) is 2.30. The number of hydrogen-bond donors (Lipinski definition) is 1. The van der Waals surface area contributed by atoms with Crippen LogP contribution in [0.3, 0.4) is 0 Å². The van der Waals surface area contributed by atoms with Gasteiger partial charge in [-0.2, -0.15) is 0 Å². The van der Waals surface area contributed by atoms with Crippen molar-refractivity contribution in [2.75, 3.05) is 0 Å². The van der Waals surface area contributed by atoms with Gasteiger partial charge in [-0.25, -0.2) is 0 Å². The summed E-state index contributed by atoms with van der Waals surface area (Å²) in [6.45, 7) is 18.2. The Morgan fingerprint density at radius 3 is 2.21 bits per heavy atom. The van der Waals surface area contributed by atoms with Crippen molar-refractivity contribution in [1.29, 1.82) is 0 Å². The highest BCUT2D eigenvalue weighted by Crippen LogP contribution is 2.16. The molecule has 0 radical (unpaired) electrons. The van der Waals surface area contributed by atoms with E-state index >= 15 is 0 Å². The second-order valence-electron chi connectivity index (χ2n) is 4.03. The van der Waals surface area contributed by atoms with E-state index in [1.807, 2.05) is 0 Å². The Labute approximate surface area is 88.6 Å². The molecular formula is C13H23N. The number of hydrogen-bond acceptors (Lipinski definition) is 1. The minimum Gasteiger partial charge on any atom is -0.363 e. The van der Waals surface area contributed by atoms with Gasteiger partial charge in [0.1, 0.15) is 0 Å². The van der Waals surface area contributed by atoms with Crippen LogP contribution in [0.4, 0.5) is 0 Å². The Morgan fingerprint density at radius 1 is 1.21 bits per heavy atom. The molecule has 0 saturated carbocycles. The Hall–Kier alpha value is -0.980. The van der Waals surface area contributed by atoms with Crippen molar-refractivity contribution < 1.29 is 0 Å². The molecule has 0 aliphatic rings. The molecule has 0 amide bonds. The molecule has 1 N–H and O–H groups in total. The zero-order valence-electron chi connectivity index (χ0n) is 9.82. The standard InChI is InChI=1S/C13H23N/c1-7-8-12(5)14-13(6)9-11(4)10(2)3/h11,14H,2,5-9H2,1,3-4H3. The van der Waals surface area contributed by atoms with Crippen molar-refractivity contribution in [2.24, 2.45) is 5.92 Å². The van der Waals surface area contributed by atoms with E-state index in [1.54, 1.807) is 0 Å². The predicted molar refractivity (Wildman–Crippen MR) is 64.9 cm³/mol. The van der Waals surface area contributed by atoms with Gasteiger partial charge < -0.3 is 5.32 Å². The van der Waals surface area contributed by atoms with Crippen molar-refractivity contribution in [2.45, 2.75) is 40.0 Å². The van der Waals surface area contributed by atoms with E-state index in [9.17, 15) is 0 Å². The second-order valence-corrected chi connectivity index (χ2v) is 4.03. The normalized spacial score (nSPS) is 11.9. The van der Waals surface area contributed by atoms with Crippen molar-refractivity contribution >= 4 is 0 Å². The summed E-state index contributed by atoms with van der Waals surface area (Å²) < 4.78 is 0. The highest BCUT2D eigenvalue weighted by Gasteiger charge is 2.05. The lowest BCUT2D eigenvalue weighted by Crippen LogP contribution is -2.13. The van der Waals surface area contributed by atoms with Crippen molar-refractivity contribution in [3.8, 4) is 0 Å². The second kappa shape index (κ2) is 6.47. The molecule has 1 unspecified atom stereocenters. The van der Waals surface area contributed by atoms with Crippen LogP contribution >= 0.6 is 0 Å². The fourth-order valence-electron chi connectivity index (χ4n) is 1.21. The summed E-state index contributed by atoms with van der Waals surface area (Å²) in [7, 11) is 0. The van der Waals surface area contributed by atoms with E-state index in [2.05, 4.69) is 45.8 Å². The summed E-state index contributed by atoms with van der Waals surface area (Å²) in [6, 6.07) is 0. The van der Waals surface area contributed by atoms with Crippen LogP contribution in [-0.2, 0) is 0 Å². The molecule has 0 aliphatic heterocycles. The van der Waals surface area contributed by atoms with Crippen LogP contribution in [0.15, 0.2) is 36.7 Å². The van der Waals surface area contributed by atoms with E-state index < -0.39 is 0 Å². The molecule has 80 valence electrons. The van der Waals surface area contributed by atoms with Crippen LogP contribution in [0.2, 0.25) is 0 Å². The summed E-state index contributed by atoms with van der Waals surface area (Å²) in [6.07, 6.45) is 3.08. The topological polar surface area (TPSA) is 12.0 Å². The Kier molecular flexibility index (Phi) is 6.02. The van der Waals surface area contributed by atoms with Crippen LogP contribution < -0.4 is 5.32 Å². The summed E-state index contributed by atoms with van der Waals surface area (Å²) in [5, 5.41) is 3.24. The highest BCUT2D eigenvalue weighted by molar-refractivity contribution is 5.08. The Balaban J connectivity index is 3.86. The maximum Gasteiger partial charge on any atom is 0.00813 e. The average molecular weight is 193 g/mol. The van der Waals surface area contributed by atoms with E-state index in [0.717, 1.165) is 30.7 Å². The summed E-state index contributed by atoms with van der Waals surface area (Å²) in [5.74, 6) is 0.490. The first kappa shape index (κ1) is 13.0. The molecule has 0 spiro atoms. The van der Waals surface area contributed by atoms with Crippen LogP contribution in [0, 0.1) is 5.92 Å². The van der Waals surface area contributed by atoms with Crippen LogP contribution in [0.5, 0.6) is 0 Å². The van der Waals surface area contributed by atoms with Gasteiger partial charge in [0.2, 0.25) is 0 Å². The van der Waals surface area contributed by atoms with Crippen molar-refractivity contribution in [1.82, 2.24) is 5.32 Å². The third kappa shape index (κ3) is 5.63. The van der Waals surface area contributed by atoms with Gasteiger partial charge >= 0.3 is 0 Å². The molecular weight excluding hydrogens is 170 g/mol. The van der Waals surface area contributed by atoms with E-state index in [4.69, 9.17) is 0 Å². The first-order chi connectivity index (χ1) is 6.47. The van der Waals surface area contributed by atoms with E-state index in [-0.39, 0.29) is 0 Å². The van der Waals surface area contributed by atoms with Gasteiger partial charge in [0.15, 0.2) is 0 Å². The van der Waals surface area contributed by atoms with Gasteiger partial charge in [0, 0.05) is 11.4 Å². The number of rotatable bonds is 7. The fraction of sp³-hybridized carbons (Fsp3) is 0.538. The monoisotopic (exact) mass is 193 g/mol. The van der Waals surface area contributed by atoms with Gasteiger partial charge in [-0.15, -0.1) is 0 Å². The molecule has 0 aromatic carbocycles. The number of allylic oxidation sites excluding steroid dienone is 3. The molecule has 1 nitrogen and oxygen atoms in total. The van der Waals surface area contributed by atoms with E-state index in [1.165, 1.54) is 5.57 Å². The Bertz CT molecular complexity index is 225. The third-order valence-electron chi connectivity index (χ3n) is 2.30. The first-order valence-electron chi connectivity index (χ1n) is 5.25. The summed E-state index contributed by atoms with van der Waals surface area (Å²) in [5.41, 5.74) is 3.31. The zero-order chi connectivity index (χ0) is 11.1. The average Bonchev–Trinajstić information content (AvgIpc) is 2.03. The summed E-state index contributed by atoms with van der Waals surface area (Å²) >= 11 is 0. The minimum atomic E-state index is 0.490. The van der Waals surface area contributed by atoms with Crippen LogP contribution in [-0.4, -0.2) is 0 Å².